The van der Waals surface area contributed by atoms with Crippen LogP contribution in [0.3, 0.4) is 0 Å². The van der Waals surface area contributed by atoms with Gasteiger partial charge in [0.2, 0.25) is 0 Å². The SMILES string of the molecule is Nc1ccc(C(=O)CCN2CCCC2)s1. The molecule has 15 heavy (non-hydrogen) atoms. The lowest BCUT2D eigenvalue weighted by Gasteiger charge is -2.12. The van der Waals surface area contributed by atoms with Crippen LogP contribution in [-0.2, 0) is 0 Å². The Balaban J connectivity index is 1.81. The molecule has 0 bridgehead atoms. The molecule has 1 saturated heterocycles. The molecule has 0 unspecified atom stereocenters. The summed E-state index contributed by atoms with van der Waals surface area (Å²) in [6.07, 6.45) is 3.18. The van der Waals surface area contributed by atoms with Crippen LogP contribution in [0.1, 0.15) is 28.9 Å². The van der Waals surface area contributed by atoms with Crippen molar-refractivity contribution in [3.63, 3.8) is 0 Å². The number of hydrogen-bond acceptors (Lipinski definition) is 4. The summed E-state index contributed by atoms with van der Waals surface area (Å²) < 4.78 is 0. The van der Waals surface area contributed by atoms with Crippen molar-refractivity contribution in [1.82, 2.24) is 4.90 Å². The van der Waals surface area contributed by atoms with E-state index in [2.05, 4.69) is 4.90 Å². The molecular formula is C11H16N2OS. The predicted molar refractivity (Wildman–Crippen MR) is 63.4 cm³/mol. The van der Waals surface area contributed by atoms with Crippen molar-refractivity contribution in [2.75, 3.05) is 25.4 Å². The number of nitrogens with two attached hydrogens (primary N) is 1. The Morgan fingerprint density at radius 3 is 2.73 bits per heavy atom. The summed E-state index contributed by atoms with van der Waals surface area (Å²) >= 11 is 1.39. The molecule has 2 rings (SSSR count). The Morgan fingerprint density at radius 1 is 1.40 bits per heavy atom. The maximum absolute atomic E-state index is 11.7. The highest BCUT2D eigenvalue weighted by Gasteiger charge is 2.14. The van der Waals surface area contributed by atoms with Crippen molar-refractivity contribution >= 4 is 22.1 Å². The smallest absolute Gasteiger partial charge is 0.174 e. The molecule has 0 aromatic carbocycles. The Bertz CT molecular complexity index is 342. The van der Waals surface area contributed by atoms with Crippen LogP contribution >= 0.6 is 11.3 Å². The molecule has 0 amide bonds. The van der Waals surface area contributed by atoms with E-state index in [0.717, 1.165) is 29.5 Å². The number of thiophene rings is 1. The normalized spacial score (nSPS) is 17.1. The first-order valence-corrected chi connectivity index (χ1v) is 6.18. The molecule has 2 heterocycles. The van der Waals surface area contributed by atoms with Gasteiger partial charge in [-0.15, -0.1) is 11.3 Å². The monoisotopic (exact) mass is 224 g/mol. The zero-order chi connectivity index (χ0) is 10.7. The number of likely N-dealkylation sites (tertiary alicyclic amines) is 1. The number of hydrogen-bond donors (Lipinski definition) is 1. The molecule has 1 aliphatic rings. The molecule has 0 radical (unpaired) electrons. The number of rotatable bonds is 4. The van der Waals surface area contributed by atoms with E-state index in [4.69, 9.17) is 5.73 Å². The van der Waals surface area contributed by atoms with Crippen molar-refractivity contribution in [1.29, 1.82) is 0 Å². The van der Waals surface area contributed by atoms with Crippen LogP contribution in [0.5, 0.6) is 0 Å². The summed E-state index contributed by atoms with van der Waals surface area (Å²) in [5, 5.41) is 0.722. The van der Waals surface area contributed by atoms with Crippen molar-refractivity contribution in [2.45, 2.75) is 19.3 Å². The number of carbonyl (C=O) groups is 1. The number of Topliss-reactive ketones (excluding diaryl/α,β-unsaturated/α-hetero) is 1. The van der Waals surface area contributed by atoms with Crippen LogP contribution in [0.15, 0.2) is 12.1 Å². The van der Waals surface area contributed by atoms with E-state index in [1.54, 1.807) is 6.07 Å². The van der Waals surface area contributed by atoms with Gasteiger partial charge in [0.1, 0.15) is 0 Å². The molecule has 0 saturated carbocycles. The highest BCUT2D eigenvalue weighted by molar-refractivity contribution is 7.17. The number of nitrogen functional groups attached to an aromatic ring is 1. The molecule has 1 aromatic heterocycles. The Morgan fingerprint density at radius 2 is 2.13 bits per heavy atom. The number of carbonyl (C=O) groups excluding carboxylic acids is 1. The summed E-state index contributed by atoms with van der Waals surface area (Å²) in [6.45, 7) is 3.20. The predicted octanol–water partition coefficient (Wildman–Crippen LogP) is 2.00. The minimum atomic E-state index is 0.226. The molecular weight excluding hydrogens is 208 g/mol. The molecule has 0 aliphatic carbocycles. The van der Waals surface area contributed by atoms with Crippen LogP contribution in [0.4, 0.5) is 5.00 Å². The second kappa shape index (κ2) is 4.77. The lowest BCUT2D eigenvalue weighted by molar-refractivity contribution is 0.0973. The van der Waals surface area contributed by atoms with E-state index < -0.39 is 0 Å². The average Bonchev–Trinajstić information content (AvgIpc) is 2.84. The third-order valence-electron chi connectivity index (χ3n) is 2.76. The van der Waals surface area contributed by atoms with Crippen molar-refractivity contribution in [3.05, 3.63) is 17.0 Å². The molecule has 0 spiro atoms. The summed E-state index contributed by atoms with van der Waals surface area (Å²) in [4.78, 5) is 14.9. The summed E-state index contributed by atoms with van der Waals surface area (Å²) in [7, 11) is 0. The van der Waals surface area contributed by atoms with Crippen LogP contribution in [0.25, 0.3) is 0 Å². The average molecular weight is 224 g/mol. The van der Waals surface area contributed by atoms with Gasteiger partial charge in [-0.2, -0.15) is 0 Å². The number of anilines is 1. The minimum Gasteiger partial charge on any atom is -0.391 e. The molecule has 2 N–H and O–H groups in total. The fourth-order valence-corrected chi connectivity index (χ4v) is 2.63. The van der Waals surface area contributed by atoms with Gasteiger partial charge in [0.25, 0.3) is 0 Å². The second-order valence-electron chi connectivity index (χ2n) is 3.92. The lowest BCUT2D eigenvalue weighted by Crippen LogP contribution is -2.22. The Labute approximate surface area is 93.9 Å². The zero-order valence-corrected chi connectivity index (χ0v) is 9.55. The minimum absolute atomic E-state index is 0.226. The molecule has 1 aliphatic heterocycles. The van der Waals surface area contributed by atoms with Gasteiger partial charge in [0.15, 0.2) is 5.78 Å². The molecule has 1 fully saturated rings. The van der Waals surface area contributed by atoms with E-state index in [-0.39, 0.29) is 5.78 Å². The largest absolute Gasteiger partial charge is 0.391 e. The molecule has 4 heteroatoms. The maximum atomic E-state index is 11.7. The van der Waals surface area contributed by atoms with Crippen LogP contribution < -0.4 is 5.73 Å². The summed E-state index contributed by atoms with van der Waals surface area (Å²) in [5.41, 5.74) is 5.59. The van der Waals surface area contributed by atoms with Gasteiger partial charge in [0, 0.05) is 13.0 Å². The Kier molecular flexibility index (Phi) is 3.38. The third-order valence-corrected chi connectivity index (χ3v) is 3.71. The summed E-state index contributed by atoms with van der Waals surface area (Å²) in [6, 6.07) is 3.63. The fraction of sp³-hybridized carbons (Fsp3) is 0.545. The van der Waals surface area contributed by atoms with Gasteiger partial charge in [-0.3, -0.25) is 4.79 Å². The quantitative estimate of drug-likeness (QED) is 0.796. The van der Waals surface area contributed by atoms with Crippen molar-refractivity contribution < 1.29 is 4.79 Å². The lowest BCUT2D eigenvalue weighted by atomic mass is 10.2. The van der Waals surface area contributed by atoms with Crippen LogP contribution in [-0.4, -0.2) is 30.3 Å². The van der Waals surface area contributed by atoms with Gasteiger partial charge in [-0.1, -0.05) is 0 Å². The molecule has 82 valence electrons. The molecule has 3 nitrogen and oxygen atoms in total. The zero-order valence-electron chi connectivity index (χ0n) is 8.74. The highest BCUT2D eigenvalue weighted by Crippen LogP contribution is 2.20. The standard InChI is InChI=1S/C11H16N2OS/c12-11-4-3-10(15-11)9(14)5-8-13-6-1-2-7-13/h3-4H,1-2,5-8,12H2. The number of ketones is 1. The summed E-state index contributed by atoms with van der Waals surface area (Å²) in [5.74, 6) is 0.226. The van der Waals surface area contributed by atoms with Crippen LogP contribution in [0, 0.1) is 0 Å². The van der Waals surface area contributed by atoms with Gasteiger partial charge in [0.05, 0.1) is 9.88 Å². The topological polar surface area (TPSA) is 46.3 Å². The van der Waals surface area contributed by atoms with Crippen molar-refractivity contribution in [2.24, 2.45) is 0 Å². The van der Waals surface area contributed by atoms with E-state index >= 15 is 0 Å². The molecule has 0 atom stereocenters. The third kappa shape index (κ3) is 2.79. The van der Waals surface area contributed by atoms with E-state index in [1.807, 2.05) is 6.07 Å². The maximum Gasteiger partial charge on any atom is 0.174 e. The number of nitrogens with zero attached hydrogens (tertiary/aromatic N) is 1. The van der Waals surface area contributed by atoms with Gasteiger partial charge in [-0.25, -0.2) is 0 Å². The fourth-order valence-electron chi connectivity index (χ4n) is 1.89. The Hall–Kier alpha value is -0.870. The first-order chi connectivity index (χ1) is 7.25. The van der Waals surface area contributed by atoms with E-state index in [1.165, 1.54) is 24.2 Å². The van der Waals surface area contributed by atoms with Crippen LogP contribution in [0.2, 0.25) is 0 Å². The van der Waals surface area contributed by atoms with E-state index in [0.29, 0.717) is 6.42 Å². The molecule has 1 aromatic rings. The highest BCUT2D eigenvalue weighted by atomic mass is 32.1. The van der Waals surface area contributed by atoms with Gasteiger partial charge >= 0.3 is 0 Å². The first kappa shape index (κ1) is 10.6. The first-order valence-electron chi connectivity index (χ1n) is 5.36. The second-order valence-corrected chi connectivity index (χ2v) is 5.04. The van der Waals surface area contributed by atoms with Gasteiger partial charge < -0.3 is 10.6 Å². The van der Waals surface area contributed by atoms with E-state index in [9.17, 15) is 4.79 Å². The van der Waals surface area contributed by atoms with Crippen molar-refractivity contribution in [3.8, 4) is 0 Å². The van der Waals surface area contributed by atoms with Gasteiger partial charge in [-0.05, 0) is 38.1 Å².